The van der Waals surface area contributed by atoms with E-state index in [-0.39, 0.29) is 24.5 Å². The Morgan fingerprint density at radius 2 is 2.00 bits per heavy atom. The molecule has 1 amide bonds. The summed E-state index contributed by atoms with van der Waals surface area (Å²) < 4.78 is 1.78. The van der Waals surface area contributed by atoms with Gasteiger partial charge in [0.15, 0.2) is 5.69 Å². The molecule has 1 aromatic heterocycles. The highest BCUT2D eigenvalue weighted by molar-refractivity contribution is 5.92. The Balaban J connectivity index is 1.75. The van der Waals surface area contributed by atoms with Crippen molar-refractivity contribution < 1.29 is 9.90 Å². The molecule has 3 rings (SSSR count). The lowest BCUT2D eigenvalue weighted by Gasteiger charge is -2.24. The second-order valence-electron chi connectivity index (χ2n) is 6.58. The molecule has 1 saturated carbocycles. The van der Waals surface area contributed by atoms with E-state index in [0.717, 1.165) is 37.1 Å². The summed E-state index contributed by atoms with van der Waals surface area (Å²) in [5.74, 6) is -0.00751. The van der Waals surface area contributed by atoms with Crippen LogP contribution < -0.4 is 5.32 Å². The van der Waals surface area contributed by atoms with Crippen molar-refractivity contribution >= 4 is 5.91 Å². The lowest BCUT2D eigenvalue weighted by Crippen LogP contribution is -2.41. The van der Waals surface area contributed by atoms with Crippen LogP contribution in [-0.4, -0.2) is 33.4 Å². The van der Waals surface area contributed by atoms with Gasteiger partial charge in [-0.3, -0.25) is 4.79 Å². The first kappa shape index (κ1) is 16.7. The summed E-state index contributed by atoms with van der Waals surface area (Å²) in [5.41, 5.74) is 2.29. The van der Waals surface area contributed by atoms with Gasteiger partial charge in [-0.1, -0.05) is 37.5 Å². The number of aliphatic hydroxyl groups excluding tert-OH is 1. The van der Waals surface area contributed by atoms with E-state index >= 15 is 0 Å². The van der Waals surface area contributed by atoms with Crippen molar-refractivity contribution in [2.45, 2.75) is 45.1 Å². The van der Waals surface area contributed by atoms with Crippen LogP contribution in [0.25, 0.3) is 5.69 Å². The maximum absolute atomic E-state index is 12.6. The molecule has 128 valence electrons. The molecule has 1 aliphatic rings. The quantitative estimate of drug-likeness (QED) is 0.849. The maximum Gasteiger partial charge on any atom is 0.272 e. The molecule has 0 bridgehead atoms. The molecule has 2 atom stereocenters. The number of hydrogen-bond acceptors (Lipinski definition) is 3. The highest BCUT2D eigenvalue weighted by Crippen LogP contribution is 2.23. The number of nitrogens with zero attached hydrogens (tertiary/aromatic N) is 2. The number of rotatable bonds is 4. The van der Waals surface area contributed by atoms with Gasteiger partial charge in [-0.05, 0) is 38.0 Å². The summed E-state index contributed by atoms with van der Waals surface area (Å²) in [5, 5.41) is 17.2. The standard InChI is InChI=1S/C19H25N3O2/c1-14-12-18(21-22(14)16-9-5-3-6-10-16)19(24)20-17-11-7-2-4-8-15(17)13-23/h3,5-6,9-10,12,15,17,23H,2,4,7-8,11,13H2,1H3,(H,20,24). The number of hydrogen-bond donors (Lipinski definition) is 2. The molecule has 1 heterocycles. The second kappa shape index (κ2) is 7.62. The van der Waals surface area contributed by atoms with Crippen LogP contribution >= 0.6 is 0 Å². The summed E-state index contributed by atoms with van der Waals surface area (Å²) in [4.78, 5) is 12.6. The summed E-state index contributed by atoms with van der Waals surface area (Å²) in [6, 6.07) is 11.6. The molecule has 2 N–H and O–H groups in total. The molecular formula is C19H25N3O2. The van der Waals surface area contributed by atoms with Crippen LogP contribution in [0.5, 0.6) is 0 Å². The molecular weight excluding hydrogens is 302 g/mol. The number of aryl methyl sites for hydroxylation is 1. The fourth-order valence-electron chi connectivity index (χ4n) is 3.45. The zero-order valence-corrected chi connectivity index (χ0v) is 14.1. The van der Waals surface area contributed by atoms with Gasteiger partial charge in [0.25, 0.3) is 5.91 Å². The Hall–Kier alpha value is -2.14. The van der Waals surface area contributed by atoms with E-state index in [1.165, 1.54) is 6.42 Å². The molecule has 5 nitrogen and oxygen atoms in total. The van der Waals surface area contributed by atoms with Gasteiger partial charge >= 0.3 is 0 Å². The first-order valence-corrected chi connectivity index (χ1v) is 8.73. The van der Waals surface area contributed by atoms with Crippen LogP contribution in [0, 0.1) is 12.8 Å². The molecule has 0 aliphatic heterocycles. The van der Waals surface area contributed by atoms with Crippen molar-refractivity contribution in [2.75, 3.05) is 6.61 Å². The number of aliphatic hydroxyl groups is 1. The molecule has 2 aromatic rings. The SMILES string of the molecule is Cc1cc(C(=O)NC2CCCCCC2CO)nn1-c1ccccc1. The third-order valence-corrected chi connectivity index (χ3v) is 4.83. The second-order valence-corrected chi connectivity index (χ2v) is 6.58. The first-order chi connectivity index (χ1) is 11.7. The van der Waals surface area contributed by atoms with Crippen molar-refractivity contribution in [2.24, 2.45) is 5.92 Å². The molecule has 24 heavy (non-hydrogen) atoms. The third kappa shape index (κ3) is 3.67. The van der Waals surface area contributed by atoms with Gasteiger partial charge in [-0.25, -0.2) is 4.68 Å². The van der Waals surface area contributed by atoms with Gasteiger partial charge in [0.05, 0.1) is 5.69 Å². The van der Waals surface area contributed by atoms with Crippen LogP contribution in [0.4, 0.5) is 0 Å². The van der Waals surface area contributed by atoms with E-state index in [1.54, 1.807) is 4.68 Å². The van der Waals surface area contributed by atoms with Crippen LogP contribution in [0.3, 0.4) is 0 Å². The van der Waals surface area contributed by atoms with Crippen molar-refractivity contribution in [3.63, 3.8) is 0 Å². The average molecular weight is 327 g/mol. The highest BCUT2D eigenvalue weighted by atomic mass is 16.3. The number of para-hydroxylation sites is 1. The summed E-state index contributed by atoms with van der Waals surface area (Å²) in [6.45, 7) is 2.07. The molecule has 1 aliphatic carbocycles. The Kier molecular flexibility index (Phi) is 5.30. The van der Waals surface area contributed by atoms with Crippen molar-refractivity contribution in [3.8, 4) is 5.69 Å². The number of carbonyl (C=O) groups is 1. The van der Waals surface area contributed by atoms with Gasteiger partial charge in [0.2, 0.25) is 0 Å². The monoisotopic (exact) mass is 327 g/mol. The molecule has 2 unspecified atom stereocenters. The largest absolute Gasteiger partial charge is 0.396 e. The minimum Gasteiger partial charge on any atom is -0.396 e. The van der Waals surface area contributed by atoms with E-state index in [0.29, 0.717) is 5.69 Å². The van der Waals surface area contributed by atoms with E-state index in [9.17, 15) is 9.90 Å². The molecule has 0 spiro atoms. The zero-order valence-electron chi connectivity index (χ0n) is 14.1. The van der Waals surface area contributed by atoms with Gasteiger partial charge in [-0.15, -0.1) is 0 Å². The number of amides is 1. The normalized spacial score (nSPS) is 21.2. The first-order valence-electron chi connectivity index (χ1n) is 8.73. The lowest BCUT2D eigenvalue weighted by atomic mass is 9.95. The van der Waals surface area contributed by atoms with Gasteiger partial charge < -0.3 is 10.4 Å². The summed E-state index contributed by atoms with van der Waals surface area (Å²) in [6.07, 6.45) is 5.29. The Morgan fingerprint density at radius 1 is 1.25 bits per heavy atom. The van der Waals surface area contributed by atoms with E-state index < -0.39 is 0 Å². The van der Waals surface area contributed by atoms with Gasteiger partial charge in [0.1, 0.15) is 0 Å². The fourth-order valence-corrected chi connectivity index (χ4v) is 3.45. The predicted octanol–water partition coefficient (Wildman–Crippen LogP) is 2.85. The topological polar surface area (TPSA) is 67.2 Å². The van der Waals surface area contributed by atoms with Crippen molar-refractivity contribution in [3.05, 3.63) is 47.8 Å². The smallest absolute Gasteiger partial charge is 0.272 e. The van der Waals surface area contributed by atoms with Crippen LogP contribution in [0.1, 0.15) is 48.3 Å². The maximum atomic E-state index is 12.6. The average Bonchev–Trinajstić information content (AvgIpc) is 2.85. The van der Waals surface area contributed by atoms with Crippen LogP contribution in [0.15, 0.2) is 36.4 Å². The Morgan fingerprint density at radius 3 is 2.75 bits per heavy atom. The molecule has 1 aromatic carbocycles. The number of carbonyl (C=O) groups excluding carboxylic acids is 1. The lowest BCUT2D eigenvalue weighted by molar-refractivity contribution is 0.0894. The van der Waals surface area contributed by atoms with Crippen LogP contribution in [0.2, 0.25) is 0 Å². The van der Waals surface area contributed by atoms with Crippen molar-refractivity contribution in [1.29, 1.82) is 0 Å². The van der Waals surface area contributed by atoms with Gasteiger partial charge in [0, 0.05) is 24.3 Å². The van der Waals surface area contributed by atoms with Crippen molar-refractivity contribution in [1.82, 2.24) is 15.1 Å². The minimum atomic E-state index is -0.155. The third-order valence-electron chi connectivity index (χ3n) is 4.83. The molecule has 0 saturated heterocycles. The number of nitrogens with one attached hydrogen (secondary N) is 1. The highest BCUT2D eigenvalue weighted by Gasteiger charge is 2.26. The Labute approximate surface area is 142 Å². The molecule has 1 fully saturated rings. The van der Waals surface area contributed by atoms with E-state index in [4.69, 9.17) is 0 Å². The summed E-state index contributed by atoms with van der Waals surface area (Å²) >= 11 is 0. The van der Waals surface area contributed by atoms with E-state index in [1.807, 2.05) is 43.3 Å². The minimum absolute atomic E-state index is 0.0344. The predicted molar refractivity (Wildman–Crippen MR) is 93.2 cm³/mol. The van der Waals surface area contributed by atoms with Crippen LogP contribution in [-0.2, 0) is 0 Å². The summed E-state index contributed by atoms with van der Waals surface area (Å²) in [7, 11) is 0. The number of aromatic nitrogens is 2. The van der Waals surface area contributed by atoms with Gasteiger partial charge in [-0.2, -0.15) is 5.10 Å². The Bertz CT molecular complexity index is 681. The molecule has 5 heteroatoms. The number of benzene rings is 1. The fraction of sp³-hybridized carbons (Fsp3) is 0.474. The molecule has 0 radical (unpaired) electrons. The zero-order chi connectivity index (χ0) is 16.9. The van der Waals surface area contributed by atoms with E-state index in [2.05, 4.69) is 10.4 Å².